The Kier molecular flexibility index (Phi) is 11.7. The van der Waals surface area contributed by atoms with Crippen molar-refractivity contribution in [3.63, 3.8) is 0 Å². The molecule has 3 saturated heterocycles. The van der Waals surface area contributed by atoms with Crippen LogP contribution >= 0.6 is 0 Å². The molecule has 0 saturated carbocycles. The number of fused-ring (bicyclic) bond motifs is 2. The molecule has 8 rings (SSSR count). The average Bonchev–Trinajstić information content (AvgIpc) is 3.51. The van der Waals surface area contributed by atoms with Gasteiger partial charge in [-0.1, -0.05) is 0 Å². The van der Waals surface area contributed by atoms with E-state index in [2.05, 4.69) is 25.3 Å². The molecule has 0 aliphatic carbocycles. The van der Waals surface area contributed by atoms with E-state index in [0.29, 0.717) is 42.1 Å². The highest BCUT2D eigenvalue weighted by molar-refractivity contribution is 6.23. The second-order valence-corrected chi connectivity index (χ2v) is 16.5. The van der Waals surface area contributed by atoms with Crippen LogP contribution < -0.4 is 30.6 Å². The molecule has 1 aromatic heterocycles. The van der Waals surface area contributed by atoms with Gasteiger partial charge in [0.1, 0.15) is 17.5 Å². The number of methoxy groups -OCH3 is 2. The number of piperidine rings is 2. The van der Waals surface area contributed by atoms with Gasteiger partial charge in [0.15, 0.2) is 0 Å². The molecule has 3 aromatic rings. The molecular weight excluding hydrogens is 769 g/mol. The predicted molar refractivity (Wildman–Crippen MR) is 223 cm³/mol. The maximum Gasteiger partial charge on any atom is 0.317 e. The highest BCUT2D eigenvalue weighted by Crippen LogP contribution is 2.39. The van der Waals surface area contributed by atoms with Crippen molar-refractivity contribution >= 4 is 35.3 Å². The molecule has 2 aromatic carbocycles. The van der Waals surface area contributed by atoms with Gasteiger partial charge in [-0.05, 0) is 99.1 Å². The van der Waals surface area contributed by atoms with Gasteiger partial charge in [-0.3, -0.25) is 44.0 Å². The number of imide groups is 2. The van der Waals surface area contributed by atoms with Gasteiger partial charge >= 0.3 is 6.03 Å². The number of pyridine rings is 1. The topological polar surface area (TPSA) is 166 Å². The van der Waals surface area contributed by atoms with Crippen molar-refractivity contribution in [2.24, 2.45) is 13.0 Å². The number of anilines is 1. The molecule has 3 fully saturated rings. The van der Waals surface area contributed by atoms with Gasteiger partial charge in [0.25, 0.3) is 17.4 Å². The molecule has 318 valence electrons. The number of urea groups is 1. The number of hydrogen-bond acceptors (Lipinski definition) is 11. The maximum atomic E-state index is 13.4. The number of carbonyl (C=O) groups excluding carboxylic acids is 5. The van der Waals surface area contributed by atoms with E-state index in [4.69, 9.17) is 9.47 Å². The van der Waals surface area contributed by atoms with Crippen molar-refractivity contribution in [2.75, 3.05) is 78.5 Å². The number of carbonyl (C=O) groups is 5. The third-order valence-corrected chi connectivity index (χ3v) is 13.1. The summed E-state index contributed by atoms with van der Waals surface area (Å²) in [5, 5.41) is 4.92. The summed E-state index contributed by atoms with van der Waals surface area (Å²) in [6.07, 6.45) is 6.02. The Balaban J connectivity index is 0.838. The summed E-state index contributed by atoms with van der Waals surface area (Å²) in [5.74, 6) is 0.142. The first-order chi connectivity index (χ1) is 29.0. The molecule has 2 N–H and O–H groups in total. The number of ether oxygens (including phenoxy) is 2. The Morgan fingerprint density at radius 1 is 0.800 bits per heavy atom. The van der Waals surface area contributed by atoms with Gasteiger partial charge in [0.2, 0.25) is 11.8 Å². The number of piperazine rings is 1. The number of aromatic nitrogens is 1. The lowest BCUT2D eigenvalue weighted by Gasteiger charge is -2.38. The molecule has 16 heteroatoms. The first-order valence-corrected chi connectivity index (χ1v) is 21.0. The monoisotopic (exact) mass is 822 g/mol. The molecule has 0 spiro atoms. The van der Waals surface area contributed by atoms with E-state index in [1.54, 1.807) is 49.9 Å². The van der Waals surface area contributed by atoms with Gasteiger partial charge in [-0.25, -0.2) is 4.79 Å². The van der Waals surface area contributed by atoms with Crippen LogP contribution in [-0.4, -0.2) is 133 Å². The lowest BCUT2D eigenvalue weighted by atomic mass is 9.91. The standard InChI is InChI=1S/C44H54N8O8/c1-45-44(58)51-16-12-30-33(24-47(2)41(55)34(30)26-51)28-21-37(59-3)35(38(22-28)60-4)25-49-14-10-27(11-15-49)9-13-48-17-19-50(20-18-48)29-5-6-31-32(23-29)43(57)52(42(31)56)36-7-8-39(53)46-40(36)54/h5-6,21-24,27,36H,7-20,25-26H2,1-4H3,(H,45,58)(H,46,53,54). The quantitative estimate of drug-likeness (QED) is 0.289. The average molecular weight is 823 g/mol. The van der Waals surface area contributed by atoms with Crippen molar-refractivity contribution in [1.82, 2.24) is 34.8 Å². The number of likely N-dealkylation sites (tertiary alicyclic amines) is 1. The lowest BCUT2D eigenvalue weighted by molar-refractivity contribution is -0.136. The molecule has 1 unspecified atom stereocenters. The van der Waals surface area contributed by atoms with Crippen molar-refractivity contribution in [3.05, 3.63) is 74.7 Å². The minimum atomic E-state index is -0.974. The molecule has 0 radical (unpaired) electrons. The number of hydrogen-bond donors (Lipinski definition) is 2. The zero-order chi connectivity index (χ0) is 42.2. The summed E-state index contributed by atoms with van der Waals surface area (Å²) in [5.41, 5.74) is 5.82. The van der Waals surface area contributed by atoms with E-state index in [1.807, 2.05) is 24.4 Å². The lowest BCUT2D eigenvalue weighted by Crippen LogP contribution is -2.54. The van der Waals surface area contributed by atoms with Crippen LogP contribution in [0.1, 0.15) is 69.5 Å². The van der Waals surface area contributed by atoms with E-state index >= 15 is 0 Å². The highest BCUT2D eigenvalue weighted by atomic mass is 16.5. The third-order valence-electron chi connectivity index (χ3n) is 13.1. The van der Waals surface area contributed by atoms with Crippen molar-refractivity contribution < 1.29 is 33.4 Å². The summed E-state index contributed by atoms with van der Waals surface area (Å²) in [6.45, 7) is 7.87. The van der Waals surface area contributed by atoms with Crippen LogP contribution in [-0.2, 0) is 36.1 Å². The minimum absolute atomic E-state index is 0.0910. The van der Waals surface area contributed by atoms with E-state index in [0.717, 1.165) is 109 Å². The molecule has 6 amide bonds. The third kappa shape index (κ3) is 7.85. The van der Waals surface area contributed by atoms with E-state index in [9.17, 15) is 28.8 Å². The van der Waals surface area contributed by atoms with Crippen molar-refractivity contribution in [1.29, 1.82) is 0 Å². The number of benzene rings is 2. The van der Waals surface area contributed by atoms with Gasteiger partial charge < -0.3 is 29.2 Å². The van der Waals surface area contributed by atoms with E-state index in [1.165, 1.54) is 0 Å². The van der Waals surface area contributed by atoms with Crippen LogP contribution in [0.25, 0.3) is 11.1 Å². The zero-order valence-electron chi connectivity index (χ0n) is 34.9. The first-order valence-electron chi connectivity index (χ1n) is 21.0. The molecule has 16 nitrogen and oxygen atoms in total. The fourth-order valence-corrected chi connectivity index (χ4v) is 9.58. The van der Waals surface area contributed by atoms with Gasteiger partial charge in [-0.15, -0.1) is 0 Å². The Morgan fingerprint density at radius 2 is 1.50 bits per heavy atom. The SMILES string of the molecule is CNC(=O)N1CCc2c(-c3cc(OC)c(CN4CCC(CCN5CCN(c6ccc7c(c6)C(=O)N(C6CCC(=O)NC6=O)C7=O)CC5)CC4)c(OC)c3)cn(C)c(=O)c2C1. The Hall–Kier alpha value is -5.74. The second-order valence-electron chi connectivity index (χ2n) is 16.5. The maximum absolute atomic E-state index is 13.4. The van der Waals surface area contributed by atoms with Crippen molar-refractivity contribution in [2.45, 2.75) is 57.7 Å². The summed E-state index contributed by atoms with van der Waals surface area (Å²) >= 11 is 0. The second kappa shape index (κ2) is 17.1. The van der Waals surface area contributed by atoms with Crippen LogP contribution in [0.2, 0.25) is 0 Å². The normalized spacial score (nSPS) is 20.3. The Morgan fingerprint density at radius 3 is 2.17 bits per heavy atom. The Bertz CT molecular complexity index is 2250. The number of amides is 6. The van der Waals surface area contributed by atoms with Gasteiger partial charge in [-0.2, -0.15) is 0 Å². The number of nitrogens with one attached hydrogen (secondary N) is 2. The predicted octanol–water partition coefficient (Wildman–Crippen LogP) is 2.59. The fourth-order valence-electron chi connectivity index (χ4n) is 9.58. The van der Waals surface area contributed by atoms with E-state index < -0.39 is 29.7 Å². The fraction of sp³-hybridized carbons (Fsp3) is 0.500. The number of aryl methyl sites for hydroxylation is 1. The van der Waals surface area contributed by atoms with Crippen LogP contribution in [0, 0.1) is 5.92 Å². The smallest absolute Gasteiger partial charge is 0.317 e. The molecule has 1 atom stereocenters. The molecule has 0 bridgehead atoms. The highest BCUT2D eigenvalue weighted by Gasteiger charge is 2.45. The van der Waals surface area contributed by atoms with Crippen LogP contribution in [0.4, 0.5) is 10.5 Å². The van der Waals surface area contributed by atoms with Crippen LogP contribution in [0.3, 0.4) is 0 Å². The first kappa shape index (κ1) is 41.0. The van der Waals surface area contributed by atoms with E-state index in [-0.39, 0.29) is 31.0 Å². The van der Waals surface area contributed by atoms with Crippen LogP contribution in [0.15, 0.2) is 41.3 Å². The summed E-state index contributed by atoms with van der Waals surface area (Å²) in [7, 11) is 6.70. The molecule has 5 aliphatic heterocycles. The molecular formula is C44H54N8O8. The van der Waals surface area contributed by atoms with Gasteiger partial charge in [0, 0.05) is 82.8 Å². The summed E-state index contributed by atoms with van der Waals surface area (Å²) in [4.78, 5) is 86.1. The largest absolute Gasteiger partial charge is 0.496 e. The Labute approximate surface area is 349 Å². The van der Waals surface area contributed by atoms with Crippen molar-refractivity contribution in [3.8, 4) is 22.6 Å². The minimum Gasteiger partial charge on any atom is -0.496 e. The summed E-state index contributed by atoms with van der Waals surface area (Å²) in [6, 6.07) is 8.25. The van der Waals surface area contributed by atoms with Crippen LogP contribution in [0.5, 0.6) is 11.5 Å². The number of nitrogens with zero attached hydrogens (tertiary/aromatic N) is 6. The van der Waals surface area contributed by atoms with Gasteiger partial charge in [0.05, 0.1) is 37.5 Å². The summed E-state index contributed by atoms with van der Waals surface area (Å²) < 4.78 is 13.5. The molecule has 5 aliphatic rings. The number of rotatable bonds is 10. The molecule has 60 heavy (non-hydrogen) atoms. The molecule has 6 heterocycles. The zero-order valence-corrected chi connectivity index (χ0v) is 34.9.